The summed E-state index contributed by atoms with van der Waals surface area (Å²) in [5.41, 5.74) is 1.91. The third-order valence-electron chi connectivity index (χ3n) is 8.38. The highest BCUT2D eigenvalue weighted by molar-refractivity contribution is 7.98. The Morgan fingerprint density at radius 1 is 0.679 bits per heavy atom. The molecule has 0 aliphatic heterocycles. The van der Waals surface area contributed by atoms with E-state index in [1.54, 1.807) is 38.4 Å². The summed E-state index contributed by atoms with van der Waals surface area (Å²) in [5, 5.41) is 0. The average molecular weight is 871 g/mol. The zero-order valence-corrected chi connectivity index (χ0v) is 41.3. The highest BCUT2D eigenvalue weighted by Crippen LogP contribution is 2.15. The number of hydrogen-bond donors (Lipinski definition) is 2. The average Bonchev–Trinajstić information content (AvgIpc) is 4.06. The van der Waals surface area contributed by atoms with Crippen LogP contribution in [0.25, 0.3) is 0 Å². The van der Waals surface area contributed by atoms with Crippen molar-refractivity contribution in [2.24, 2.45) is 0 Å². The summed E-state index contributed by atoms with van der Waals surface area (Å²) in [5.74, 6) is 2.87. The summed E-state index contributed by atoms with van der Waals surface area (Å²) in [6.07, 6.45) is 40.0. The van der Waals surface area contributed by atoms with E-state index in [0.29, 0.717) is 5.88 Å². The number of nitrogens with one attached hydrogen (secondary N) is 1. The lowest BCUT2D eigenvalue weighted by molar-refractivity contribution is 0.405. The molecule has 4 rings (SSSR count). The van der Waals surface area contributed by atoms with Crippen LogP contribution in [0, 0.1) is 0 Å². The number of thiol groups is 2. The van der Waals surface area contributed by atoms with E-state index in [2.05, 4.69) is 100 Å². The molecule has 0 aliphatic rings. The Bertz CT molecular complexity index is 1230. The first-order chi connectivity index (χ1) is 26.5. The Kier molecular flexibility index (Phi) is 44.3. The van der Waals surface area contributed by atoms with Crippen molar-refractivity contribution >= 4 is 54.5 Å². The number of hydrogen-bond acceptors (Lipinski definition) is 9. The number of H-pyrrole nitrogens is 1. The number of imidazole rings is 4. The van der Waals surface area contributed by atoms with Crippen LogP contribution in [0.5, 0.6) is 0 Å². The normalized spacial score (nSPS) is 10.3. The molecule has 10 nitrogen and oxygen atoms in total. The highest BCUT2D eigenvalue weighted by atomic mass is 32.2. The summed E-state index contributed by atoms with van der Waals surface area (Å²) >= 11 is 5.93. The standard InChI is InChI=1S/C11H20N2.C9H18N2OSSi.C9H20.C5H12OSi.C4H6N2S.C3H4N2.H2S/c1-2-3-4-5-6-7-9-13-10-8-12-11-13;1-12-14(2,3)7-6-13-9-11-5-4-10-8-11;1-3-5-7-9-8-6-4-2;1-5-7(3,4)6-2;7-4-6-2-1-5-3-6;1-2-5-3-4-1;/h8,10-11H,2-7,9H2,1H3;4-5,8H,6-7,9H2,1-3H3;3-9H2,1-2H3;5H,1H2,2-4H3;1-3,7H,4H2;1-3H,(H,4,5);1H2/p-1. The summed E-state index contributed by atoms with van der Waals surface area (Å²) in [6.45, 7) is 20.3. The van der Waals surface area contributed by atoms with Crippen molar-refractivity contribution in [3.05, 3.63) is 87.2 Å². The maximum atomic E-state index is 5.48. The second-order valence-corrected chi connectivity index (χ2v) is 24.0. The van der Waals surface area contributed by atoms with Crippen molar-refractivity contribution in [1.82, 2.24) is 38.6 Å². The summed E-state index contributed by atoms with van der Waals surface area (Å²) in [4.78, 5) is 18.2. The molecule has 0 aromatic carbocycles. The van der Waals surface area contributed by atoms with Gasteiger partial charge in [0.25, 0.3) is 0 Å². The van der Waals surface area contributed by atoms with Gasteiger partial charge in [0, 0.05) is 70.3 Å². The Morgan fingerprint density at radius 3 is 1.48 bits per heavy atom. The van der Waals surface area contributed by atoms with E-state index in [1.807, 2.05) is 72.8 Å². The first-order valence-corrected chi connectivity index (χ1v) is 28.2. The number of nitrogens with zero attached hydrogens (tertiary/aromatic N) is 7. The molecule has 0 atom stereocenters. The van der Waals surface area contributed by atoms with Crippen molar-refractivity contribution in [2.75, 3.05) is 20.0 Å². The van der Waals surface area contributed by atoms with Crippen LogP contribution < -0.4 is 0 Å². The van der Waals surface area contributed by atoms with Crippen LogP contribution in [-0.4, -0.2) is 75.2 Å². The first-order valence-electron chi connectivity index (χ1n) is 20.3. The van der Waals surface area contributed by atoms with Crippen molar-refractivity contribution in [3.8, 4) is 0 Å². The molecular weight excluding hydrogens is 789 g/mol. The molecule has 4 aromatic rings. The van der Waals surface area contributed by atoms with Crippen molar-refractivity contribution in [2.45, 2.75) is 155 Å². The molecule has 4 heterocycles. The van der Waals surface area contributed by atoms with Gasteiger partial charge in [-0.3, -0.25) is 0 Å². The molecule has 4 aromatic heterocycles. The van der Waals surface area contributed by atoms with E-state index in [-0.39, 0.29) is 13.5 Å². The minimum absolute atomic E-state index is 0. The van der Waals surface area contributed by atoms with Crippen LogP contribution in [0.15, 0.2) is 87.2 Å². The van der Waals surface area contributed by atoms with Gasteiger partial charge in [-0.15, -0.1) is 18.3 Å². The lowest BCUT2D eigenvalue weighted by atomic mass is 10.1. The van der Waals surface area contributed by atoms with Gasteiger partial charge in [0.2, 0.25) is 8.32 Å². The van der Waals surface area contributed by atoms with Gasteiger partial charge >= 0.3 is 0 Å². The zero-order chi connectivity index (χ0) is 41.3. The van der Waals surface area contributed by atoms with Crippen molar-refractivity contribution in [3.63, 3.8) is 0 Å². The van der Waals surface area contributed by atoms with Crippen LogP contribution in [0.3, 0.4) is 0 Å². The number of thioether (sulfide) groups is 1. The lowest BCUT2D eigenvalue weighted by Gasteiger charge is -2.19. The zero-order valence-electron chi connectivity index (χ0n) is 36.7. The minimum atomic E-state index is -1.39. The molecule has 15 heteroatoms. The predicted molar refractivity (Wildman–Crippen MR) is 257 cm³/mol. The summed E-state index contributed by atoms with van der Waals surface area (Å²) in [6, 6.07) is 1.21. The van der Waals surface area contributed by atoms with Gasteiger partial charge in [0.1, 0.15) is 0 Å². The molecular formula is C41H81N8O2S3Si2-. The molecule has 56 heavy (non-hydrogen) atoms. The molecule has 1 N–H and O–H groups in total. The van der Waals surface area contributed by atoms with E-state index in [0.717, 1.165) is 12.4 Å². The maximum absolute atomic E-state index is 5.48. The molecule has 0 bridgehead atoms. The molecule has 0 aliphatic carbocycles. The van der Waals surface area contributed by atoms with Gasteiger partial charge in [-0.1, -0.05) is 104 Å². The molecule has 0 amide bonds. The smallest absolute Gasteiger partial charge is 0.209 e. The highest BCUT2D eigenvalue weighted by Gasteiger charge is 2.19. The Morgan fingerprint density at radius 2 is 1.16 bits per heavy atom. The van der Waals surface area contributed by atoms with Gasteiger partial charge in [-0.25, -0.2) is 19.9 Å². The Hall–Kier alpha value is -2.02. The lowest BCUT2D eigenvalue weighted by Crippen LogP contribution is -2.28. The van der Waals surface area contributed by atoms with Crippen molar-refractivity contribution in [1.29, 1.82) is 0 Å². The van der Waals surface area contributed by atoms with Gasteiger partial charge in [-0.2, -0.15) is 12.6 Å². The molecule has 0 fully saturated rings. The Balaban J connectivity index is -0.000000620. The molecule has 0 unspecified atom stereocenters. The van der Waals surface area contributed by atoms with E-state index in [4.69, 9.17) is 8.85 Å². The van der Waals surface area contributed by atoms with E-state index < -0.39 is 16.6 Å². The number of aryl methyl sites for hydroxylation is 1. The summed E-state index contributed by atoms with van der Waals surface area (Å²) < 4.78 is 16.7. The van der Waals surface area contributed by atoms with Gasteiger partial charge in [0.05, 0.1) is 37.1 Å². The minimum Gasteiger partial charge on any atom is -0.813 e. The van der Waals surface area contributed by atoms with Gasteiger partial charge in [-0.05, 0) is 44.4 Å². The number of unbranched alkanes of at least 4 members (excludes halogenated alkanes) is 11. The second kappa shape index (κ2) is 42.6. The maximum Gasteiger partial charge on any atom is 0.209 e. The molecule has 0 saturated carbocycles. The molecule has 324 valence electrons. The van der Waals surface area contributed by atoms with E-state index in [1.165, 1.54) is 95.3 Å². The fraction of sp³-hybridized carbons (Fsp3) is 0.659. The predicted octanol–water partition coefficient (Wildman–Crippen LogP) is 11.9. The van der Waals surface area contributed by atoms with Crippen LogP contribution >= 0.6 is 24.4 Å². The van der Waals surface area contributed by atoms with Crippen molar-refractivity contribution < 1.29 is 8.85 Å². The van der Waals surface area contributed by atoms with Crippen LogP contribution in [0.4, 0.5) is 0 Å². The van der Waals surface area contributed by atoms with E-state index in [9.17, 15) is 0 Å². The number of rotatable bonds is 22. The van der Waals surface area contributed by atoms with Gasteiger partial charge < -0.3 is 41.0 Å². The van der Waals surface area contributed by atoms with Crippen LogP contribution in [-0.2, 0) is 40.6 Å². The number of aromatic nitrogens is 8. The van der Waals surface area contributed by atoms with E-state index >= 15 is 0 Å². The largest absolute Gasteiger partial charge is 0.813 e. The van der Waals surface area contributed by atoms with Crippen LogP contribution in [0.2, 0.25) is 32.2 Å². The fourth-order valence-electron chi connectivity index (χ4n) is 4.15. The molecule has 0 saturated heterocycles. The topological polar surface area (TPSA) is 101 Å². The molecule has 0 radical (unpaired) electrons. The first kappa shape index (κ1) is 58.3. The number of aromatic amines is 1. The second-order valence-electron chi connectivity index (χ2n) is 14.2. The summed E-state index contributed by atoms with van der Waals surface area (Å²) in [7, 11) is 0.824. The Labute approximate surface area is 362 Å². The SMILES string of the molecule is C=C[Si](C)(C)OC.CCCCCCCCC.CCCCCCCCn1ccnc1.CO[Si](C)(C)CCSCn1ccnc1.SCn1ccnc1.[SH-].c1c[nH]cn1. The fourth-order valence-corrected chi connectivity index (χ4v) is 7.72. The molecule has 0 spiro atoms. The van der Waals surface area contributed by atoms with Gasteiger partial charge in [0.15, 0.2) is 8.32 Å². The third-order valence-corrected chi connectivity index (χ3v) is 14.6. The monoisotopic (exact) mass is 870 g/mol. The quantitative estimate of drug-likeness (QED) is 0.0349. The third kappa shape index (κ3) is 41.6. The van der Waals surface area contributed by atoms with Crippen LogP contribution in [0.1, 0.15) is 104 Å².